The number of pyridine rings is 1. The van der Waals surface area contributed by atoms with Gasteiger partial charge in [0.2, 0.25) is 0 Å². The average Bonchev–Trinajstić information content (AvgIpc) is 3.32. The molecule has 0 aliphatic carbocycles. The van der Waals surface area contributed by atoms with Crippen molar-refractivity contribution in [3.63, 3.8) is 0 Å². The lowest BCUT2D eigenvalue weighted by Gasteiger charge is -2.12. The van der Waals surface area contributed by atoms with Crippen LogP contribution in [0.4, 0.5) is 5.00 Å². The number of nitrogens with zero attached hydrogens (tertiary/aromatic N) is 1. The molecule has 0 saturated carbocycles. The number of aromatic nitrogens is 1. The summed E-state index contributed by atoms with van der Waals surface area (Å²) in [5.74, 6) is -0.792. The highest BCUT2D eigenvalue weighted by atomic mass is 79.9. The smallest absolute Gasteiger partial charge is 0.341 e. The van der Waals surface area contributed by atoms with Gasteiger partial charge >= 0.3 is 5.97 Å². The van der Waals surface area contributed by atoms with Gasteiger partial charge in [0.25, 0.3) is 5.91 Å². The quantitative estimate of drug-likeness (QED) is 0.216. The van der Waals surface area contributed by atoms with Crippen molar-refractivity contribution in [2.24, 2.45) is 0 Å². The van der Waals surface area contributed by atoms with Crippen LogP contribution >= 0.6 is 27.3 Å². The van der Waals surface area contributed by atoms with E-state index in [-0.39, 0.29) is 12.5 Å². The summed E-state index contributed by atoms with van der Waals surface area (Å²) in [5.41, 5.74) is 4.71. The number of fused-ring (bicyclic) bond motifs is 1. The van der Waals surface area contributed by atoms with E-state index in [9.17, 15) is 9.59 Å². The van der Waals surface area contributed by atoms with Gasteiger partial charge in [0, 0.05) is 26.4 Å². The highest BCUT2D eigenvalue weighted by molar-refractivity contribution is 9.10. The van der Waals surface area contributed by atoms with Crippen molar-refractivity contribution in [3.8, 4) is 22.4 Å². The Kier molecular flexibility index (Phi) is 6.93. The third kappa shape index (κ3) is 4.80. The molecular formula is C29H21BrN2O3S. The molecule has 2 heterocycles. The molecule has 0 unspecified atom stereocenters. The van der Waals surface area contributed by atoms with Crippen molar-refractivity contribution in [1.29, 1.82) is 0 Å². The first-order chi connectivity index (χ1) is 17.5. The third-order valence-electron chi connectivity index (χ3n) is 5.66. The molecule has 0 aliphatic heterocycles. The zero-order valence-corrected chi connectivity index (χ0v) is 21.7. The van der Waals surface area contributed by atoms with Gasteiger partial charge in [-0.05, 0) is 36.8 Å². The Morgan fingerprint density at radius 1 is 0.944 bits per heavy atom. The zero-order chi connectivity index (χ0) is 25.1. The number of thiophene rings is 1. The Hall–Kier alpha value is -3.81. The molecule has 0 atom stereocenters. The summed E-state index contributed by atoms with van der Waals surface area (Å²) in [7, 11) is 0. The van der Waals surface area contributed by atoms with Crippen molar-refractivity contribution in [1.82, 2.24) is 4.98 Å². The number of halogens is 1. The highest BCUT2D eigenvalue weighted by Crippen LogP contribution is 2.37. The van der Waals surface area contributed by atoms with Crippen LogP contribution in [0, 0.1) is 0 Å². The van der Waals surface area contributed by atoms with Gasteiger partial charge < -0.3 is 10.1 Å². The number of nitrogens with one attached hydrogen (secondary N) is 1. The number of esters is 1. The molecule has 5 nitrogen and oxygen atoms in total. The molecule has 5 rings (SSSR count). The maximum Gasteiger partial charge on any atom is 0.341 e. The Morgan fingerprint density at radius 3 is 2.47 bits per heavy atom. The van der Waals surface area contributed by atoms with Crippen LogP contribution in [0.2, 0.25) is 0 Å². The van der Waals surface area contributed by atoms with Gasteiger partial charge in [0.1, 0.15) is 10.6 Å². The summed E-state index contributed by atoms with van der Waals surface area (Å²) < 4.78 is 6.26. The number of carbonyl (C=O) groups excluding carboxylic acids is 2. The Labute approximate surface area is 220 Å². The first kappa shape index (κ1) is 23.9. The number of hydrogen-bond donors (Lipinski definition) is 1. The van der Waals surface area contributed by atoms with Crippen molar-refractivity contribution in [3.05, 3.63) is 106 Å². The fourth-order valence-corrected chi connectivity index (χ4v) is 5.37. The van der Waals surface area contributed by atoms with Crippen molar-refractivity contribution in [2.45, 2.75) is 6.92 Å². The molecule has 0 aliphatic rings. The van der Waals surface area contributed by atoms with Gasteiger partial charge in [0.05, 0.1) is 23.4 Å². The molecule has 36 heavy (non-hydrogen) atoms. The Morgan fingerprint density at radius 2 is 1.69 bits per heavy atom. The summed E-state index contributed by atoms with van der Waals surface area (Å²) in [6.45, 7) is 2.00. The van der Waals surface area contributed by atoms with E-state index in [1.54, 1.807) is 13.0 Å². The number of amides is 1. The number of hydrogen-bond acceptors (Lipinski definition) is 5. The molecule has 0 saturated heterocycles. The lowest BCUT2D eigenvalue weighted by atomic mass is 10.0. The summed E-state index contributed by atoms with van der Waals surface area (Å²) in [6.07, 6.45) is 0. The molecule has 5 aromatic rings. The SMILES string of the molecule is CCOC(=O)c1c(-c2ccccc2)csc1NC(=O)c1cc(-c2cccc(Br)c2)nc2ccccc12. The lowest BCUT2D eigenvalue weighted by molar-refractivity contribution is 0.0529. The second kappa shape index (κ2) is 10.4. The van der Waals surface area contributed by atoms with Crippen LogP contribution in [-0.4, -0.2) is 23.5 Å². The summed E-state index contributed by atoms with van der Waals surface area (Å²) in [4.78, 5) is 31.4. The van der Waals surface area contributed by atoms with Gasteiger partial charge in [-0.1, -0.05) is 76.6 Å². The van der Waals surface area contributed by atoms with E-state index in [1.807, 2.05) is 84.2 Å². The fourth-order valence-electron chi connectivity index (χ4n) is 4.02. The van der Waals surface area contributed by atoms with Gasteiger partial charge in [-0.15, -0.1) is 11.3 Å². The van der Waals surface area contributed by atoms with Crippen LogP contribution in [-0.2, 0) is 4.74 Å². The number of rotatable bonds is 6. The van der Waals surface area contributed by atoms with Gasteiger partial charge in [-0.25, -0.2) is 9.78 Å². The number of ether oxygens (including phenoxy) is 1. The van der Waals surface area contributed by atoms with Gasteiger partial charge in [-0.3, -0.25) is 4.79 Å². The van der Waals surface area contributed by atoms with E-state index in [0.29, 0.717) is 27.3 Å². The van der Waals surface area contributed by atoms with Crippen molar-refractivity contribution in [2.75, 3.05) is 11.9 Å². The standard InChI is InChI=1S/C29H21BrN2O3S/c1-2-35-29(34)26-23(18-9-4-3-5-10-18)17-36-28(26)32-27(33)22-16-25(19-11-8-12-20(30)15-19)31-24-14-7-6-13-21(22)24/h3-17H,2H2,1H3,(H,32,33). The summed E-state index contributed by atoms with van der Waals surface area (Å²) >= 11 is 4.81. The van der Waals surface area contributed by atoms with Crippen LogP contribution in [0.15, 0.2) is 94.8 Å². The molecule has 1 N–H and O–H groups in total. The maximum absolute atomic E-state index is 13.7. The molecule has 0 bridgehead atoms. The lowest BCUT2D eigenvalue weighted by Crippen LogP contribution is -2.15. The topological polar surface area (TPSA) is 68.3 Å². The Balaban J connectivity index is 1.58. The van der Waals surface area contributed by atoms with Crippen molar-refractivity contribution >= 4 is 55.0 Å². The maximum atomic E-state index is 13.7. The Bertz CT molecular complexity index is 1580. The second-order valence-corrected chi connectivity index (χ2v) is 9.77. The summed E-state index contributed by atoms with van der Waals surface area (Å²) in [6, 6.07) is 26.7. The van der Waals surface area contributed by atoms with Gasteiger partial charge in [-0.2, -0.15) is 0 Å². The fraction of sp³-hybridized carbons (Fsp3) is 0.0690. The first-order valence-electron chi connectivity index (χ1n) is 11.4. The normalized spacial score (nSPS) is 10.8. The average molecular weight is 557 g/mol. The van der Waals surface area contributed by atoms with Gasteiger partial charge in [0.15, 0.2) is 0 Å². The van der Waals surface area contributed by atoms with Crippen LogP contribution < -0.4 is 5.32 Å². The molecule has 0 spiro atoms. The van der Waals surface area contributed by atoms with E-state index in [1.165, 1.54) is 11.3 Å². The van der Waals surface area contributed by atoms with E-state index in [2.05, 4.69) is 21.2 Å². The molecule has 0 fully saturated rings. The number of carbonyl (C=O) groups is 2. The minimum absolute atomic E-state index is 0.237. The molecule has 178 valence electrons. The molecule has 0 radical (unpaired) electrons. The molecule has 3 aromatic carbocycles. The second-order valence-electron chi connectivity index (χ2n) is 7.98. The van der Waals surface area contributed by atoms with E-state index in [0.717, 1.165) is 26.5 Å². The predicted molar refractivity (Wildman–Crippen MR) is 149 cm³/mol. The zero-order valence-electron chi connectivity index (χ0n) is 19.3. The minimum atomic E-state index is -0.470. The summed E-state index contributed by atoms with van der Waals surface area (Å²) in [5, 5.41) is 6.02. The molecular weight excluding hydrogens is 536 g/mol. The van der Waals surface area contributed by atoms with Crippen LogP contribution in [0.3, 0.4) is 0 Å². The van der Waals surface area contributed by atoms with Crippen LogP contribution in [0.5, 0.6) is 0 Å². The highest BCUT2D eigenvalue weighted by Gasteiger charge is 2.24. The van der Waals surface area contributed by atoms with Crippen LogP contribution in [0.1, 0.15) is 27.6 Å². The third-order valence-corrected chi connectivity index (χ3v) is 7.05. The largest absolute Gasteiger partial charge is 0.462 e. The predicted octanol–water partition coefficient (Wildman–Crippen LogP) is 7.82. The monoisotopic (exact) mass is 556 g/mol. The van der Waals surface area contributed by atoms with E-state index < -0.39 is 5.97 Å². The molecule has 7 heteroatoms. The van der Waals surface area contributed by atoms with E-state index >= 15 is 0 Å². The van der Waals surface area contributed by atoms with Crippen molar-refractivity contribution < 1.29 is 14.3 Å². The molecule has 2 aromatic heterocycles. The number of para-hydroxylation sites is 1. The minimum Gasteiger partial charge on any atom is -0.462 e. The van der Waals surface area contributed by atoms with E-state index in [4.69, 9.17) is 9.72 Å². The van der Waals surface area contributed by atoms with Crippen LogP contribution in [0.25, 0.3) is 33.3 Å². The number of anilines is 1. The number of benzene rings is 3. The first-order valence-corrected chi connectivity index (χ1v) is 13.0. The molecule has 1 amide bonds.